The molecule has 0 aliphatic carbocycles. The molecule has 34 heavy (non-hydrogen) atoms. The van der Waals surface area contributed by atoms with Gasteiger partial charge < -0.3 is 32.5 Å². The summed E-state index contributed by atoms with van der Waals surface area (Å²) in [5, 5.41) is 11.6. The van der Waals surface area contributed by atoms with Crippen molar-refractivity contribution in [3.8, 4) is 0 Å². The van der Waals surface area contributed by atoms with Crippen molar-refractivity contribution in [3.63, 3.8) is 0 Å². The number of nitrogens with two attached hydrogens (primary N) is 3. The molecule has 0 radical (unpaired) electrons. The molecule has 1 heterocycles. The molecular formula is C22H33ClN6O5. The first-order valence-corrected chi connectivity index (χ1v) is 11.2. The number of aliphatic imine (C=N–C) groups is 1. The van der Waals surface area contributed by atoms with Crippen molar-refractivity contribution in [2.24, 2.45) is 22.2 Å². The van der Waals surface area contributed by atoms with E-state index in [1.807, 2.05) is 30.3 Å². The maximum absolute atomic E-state index is 12.8. The Labute approximate surface area is 203 Å². The number of rotatable bonds is 10. The van der Waals surface area contributed by atoms with Gasteiger partial charge in [-0.05, 0) is 49.3 Å². The molecule has 1 saturated heterocycles. The summed E-state index contributed by atoms with van der Waals surface area (Å²) in [6.07, 6.45) is 2.06. The number of benzene rings is 1. The molecule has 3 atom stereocenters. The fourth-order valence-electron chi connectivity index (χ4n) is 3.50. The number of carbonyl (C=O) groups is 4. The molecule has 0 saturated carbocycles. The smallest absolute Gasteiger partial charge is 0.326 e. The molecule has 1 aliphatic heterocycles. The van der Waals surface area contributed by atoms with Crippen LogP contribution in [0.5, 0.6) is 0 Å². The molecule has 2 amide bonds. The predicted octanol–water partition coefficient (Wildman–Crippen LogP) is -0.0579. The van der Waals surface area contributed by atoms with Crippen LogP contribution in [0.15, 0.2) is 35.3 Å². The van der Waals surface area contributed by atoms with E-state index in [4.69, 9.17) is 17.2 Å². The van der Waals surface area contributed by atoms with Gasteiger partial charge in [-0.3, -0.25) is 19.4 Å². The molecule has 8 N–H and O–H groups in total. The zero-order valence-electron chi connectivity index (χ0n) is 19.2. The van der Waals surface area contributed by atoms with Crippen molar-refractivity contribution >= 4 is 40.6 Å². The predicted molar refractivity (Wildman–Crippen MR) is 129 cm³/mol. The van der Waals surface area contributed by atoms with Crippen LogP contribution in [0.2, 0.25) is 0 Å². The van der Waals surface area contributed by atoms with Gasteiger partial charge in [-0.25, -0.2) is 4.79 Å². The van der Waals surface area contributed by atoms with Crippen molar-refractivity contribution < 1.29 is 24.3 Å². The average Bonchev–Trinajstić information content (AvgIpc) is 3.25. The van der Waals surface area contributed by atoms with Gasteiger partial charge in [0.25, 0.3) is 0 Å². The standard InChI is InChI=1S/C20H30N6O4.C2H3ClO/c21-14(12-13-6-2-1-3-7-13)18(28)26-11-5-9-16(26)17(27)25-15(19(29)30)8-4-10-24-20(22)23;1-2(3)4/h1-3,6-7,14-16H,4-5,8-12,21H2,(H,25,27)(H,29,30)(H4,22,23,24);1H3/t14?,15-,16-;/m0./s1. The van der Waals surface area contributed by atoms with Gasteiger partial charge in [-0.1, -0.05) is 30.3 Å². The Morgan fingerprint density at radius 3 is 2.41 bits per heavy atom. The Kier molecular flexibility index (Phi) is 12.6. The van der Waals surface area contributed by atoms with Crippen molar-refractivity contribution in [2.45, 2.75) is 57.2 Å². The first-order chi connectivity index (χ1) is 16.0. The number of likely N-dealkylation sites (tertiary alicyclic amines) is 1. The first-order valence-electron chi connectivity index (χ1n) is 10.9. The molecule has 0 bridgehead atoms. The third-order valence-electron chi connectivity index (χ3n) is 5.01. The van der Waals surface area contributed by atoms with Gasteiger partial charge in [0.2, 0.25) is 17.1 Å². The van der Waals surface area contributed by atoms with Crippen LogP contribution in [0.3, 0.4) is 0 Å². The fraction of sp³-hybridized carbons (Fsp3) is 0.500. The number of aliphatic carboxylic acids is 1. The summed E-state index contributed by atoms with van der Waals surface area (Å²) in [4.78, 5) is 51.5. The number of carbonyl (C=O) groups excluding carboxylic acids is 3. The van der Waals surface area contributed by atoms with E-state index in [2.05, 4.69) is 21.9 Å². The summed E-state index contributed by atoms with van der Waals surface area (Å²) >= 11 is 4.64. The molecule has 11 nitrogen and oxygen atoms in total. The molecule has 1 aliphatic rings. The van der Waals surface area contributed by atoms with Gasteiger partial charge in [-0.15, -0.1) is 0 Å². The van der Waals surface area contributed by atoms with Crippen LogP contribution < -0.4 is 22.5 Å². The lowest BCUT2D eigenvalue weighted by Crippen LogP contribution is -2.54. The van der Waals surface area contributed by atoms with Crippen LogP contribution >= 0.6 is 11.6 Å². The van der Waals surface area contributed by atoms with E-state index in [9.17, 15) is 24.3 Å². The Bertz CT molecular complexity index is 859. The summed E-state index contributed by atoms with van der Waals surface area (Å²) in [6.45, 7) is 1.98. The van der Waals surface area contributed by atoms with E-state index >= 15 is 0 Å². The largest absolute Gasteiger partial charge is 0.480 e. The minimum absolute atomic E-state index is 0.0714. The highest BCUT2D eigenvalue weighted by atomic mass is 35.5. The Hall–Kier alpha value is -3.18. The van der Waals surface area contributed by atoms with Crippen LogP contribution in [0, 0.1) is 0 Å². The first kappa shape index (κ1) is 28.9. The number of amides is 2. The SMILES string of the molecule is CC(=O)Cl.NC(N)=NCCC[C@H](NC(=O)[C@@H]1CCCN1C(=O)C(N)Cc1ccccc1)C(=O)O. The van der Waals surface area contributed by atoms with Gasteiger partial charge in [0.1, 0.15) is 12.1 Å². The monoisotopic (exact) mass is 496 g/mol. The van der Waals surface area contributed by atoms with Gasteiger partial charge in [0, 0.05) is 20.0 Å². The van der Waals surface area contributed by atoms with E-state index < -0.39 is 30.0 Å². The van der Waals surface area contributed by atoms with Crippen molar-refractivity contribution in [1.82, 2.24) is 10.2 Å². The van der Waals surface area contributed by atoms with Crippen molar-refractivity contribution in [2.75, 3.05) is 13.1 Å². The highest BCUT2D eigenvalue weighted by Crippen LogP contribution is 2.19. The molecule has 188 valence electrons. The minimum Gasteiger partial charge on any atom is -0.480 e. The number of hydrogen-bond acceptors (Lipinski definition) is 6. The number of halogens is 1. The number of nitrogens with zero attached hydrogens (tertiary/aromatic N) is 2. The number of hydrogen-bond donors (Lipinski definition) is 5. The average molecular weight is 497 g/mol. The molecule has 1 aromatic rings. The quantitative estimate of drug-likeness (QED) is 0.128. The summed E-state index contributed by atoms with van der Waals surface area (Å²) in [5.41, 5.74) is 17.5. The number of carboxylic acid groups (broad SMARTS) is 1. The normalized spacial score (nSPS) is 16.4. The minimum atomic E-state index is -1.15. The molecular weight excluding hydrogens is 464 g/mol. The summed E-state index contributed by atoms with van der Waals surface area (Å²) in [7, 11) is 0. The van der Waals surface area contributed by atoms with Crippen molar-refractivity contribution in [3.05, 3.63) is 35.9 Å². The van der Waals surface area contributed by atoms with Crippen molar-refractivity contribution in [1.29, 1.82) is 0 Å². The van der Waals surface area contributed by atoms with Crippen LogP contribution in [-0.4, -0.2) is 70.2 Å². The van der Waals surface area contributed by atoms with Crippen LogP contribution in [0.25, 0.3) is 0 Å². The highest BCUT2D eigenvalue weighted by molar-refractivity contribution is 6.62. The molecule has 0 spiro atoms. The third-order valence-corrected chi connectivity index (χ3v) is 5.01. The number of carboxylic acids is 1. The zero-order valence-corrected chi connectivity index (χ0v) is 19.9. The van der Waals surface area contributed by atoms with E-state index in [0.29, 0.717) is 32.2 Å². The fourth-order valence-corrected chi connectivity index (χ4v) is 3.50. The second-order valence-electron chi connectivity index (χ2n) is 7.80. The Morgan fingerprint density at radius 1 is 1.24 bits per heavy atom. The van der Waals surface area contributed by atoms with Gasteiger partial charge in [0.15, 0.2) is 5.96 Å². The lowest BCUT2D eigenvalue weighted by molar-refractivity contribution is -0.144. The van der Waals surface area contributed by atoms with Gasteiger partial charge in [0.05, 0.1) is 6.04 Å². The molecule has 12 heteroatoms. The third kappa shape index (κ3) is 10.6. The van der Waals surface area contributed by atoms with Crippen LogP contribution in [0.1, 0.15) is 38.2 Å². The van der Waals surface area contributed by atoms with Crippen LogP contribution in [-0.2, 0) is 25.6 Å². The lowest BCUT2D eigenvalue weighted by Gasteiger charge is -2.27. The summed E-state index contributed by atoms with van der Waals surface area (Å²) in [6, 6.07) is 6.84. The highest BCUT2D eigenvalue weighted by Gasteiger charge is 2.37. The summed E-state index contributed by atoms with van der Waals surface area (Å²) < 4.78 is 0. The summed E-state index contributed by atoms with van der Waals surface area (Å²) in [5.74, 6) is -2.01. The van der Waals surface area contributed by atoms with E-state index in [-0.39, 0.29) is 30.1 Å². The molecule has 2 rings (SSSR count). The maximum atomic E-state index is 12.8. The Morgan fingerprint density at radius 2 is 1.85 bits per heavy atom. The number of nitrogens with one attached hydrogen (secondary N) is 1. The zero-order chi connectivity index (χ0) is 25.7. The van der Waals surface area contributed by atoms with E-state index in [1.54, 1.807) is 0 Å². The number of guanidine groups is 1. The topological polar surface area (TPSA) is 194 Å². The van der Waals surface area contributed by atoms with Crippen LogP contribution in [0.4, 0.5) is 0 Å². The molecule has 1 unspecified atom stereocenters. The van der Waals surface area contributed by atoms with E-state index in [1.165, 1.54) is 11.8 Å². The molecule has 0 aromatic heterocycles. The Balaban J connectivity index is 0.00000133. The second kappa shape index (κ2) is 14.9. The maximum Gasteiger partial charge on any atom is 0.326 e. The molecule has 1 aromatic carbocycles. The lowest BCUT2D eigenvalue weighted by atomic mass is 10.0. The molecule has 1 fully saturated rings. The van der Waals surface area contributed by atoms with Gasteiger partial charge in [-0.2, -0.15) is 0 Å². The second-order valence-corrected chi connectivity index (χ2v) is 8.34. The van der Waals surface area contributed by atoms with E-state index in [0.717, 1.165) is 5.56 Å². The van der Waals surface area contributed by atoms with Gasteiger partial charge >= 0.3 is 5.97 Å².